The van der Waals surface area contributed by atoms with E-state index in [1.165, 1.54) is 4.90 Å². The Morgan fingerprint density at radius 3 is 2.67 bits per heavy atom. The van der Waals surface area contributed by atoms with Crippen molar-refractivity contribution in [2.75, 3.05) is 6.54 Å². The number of carboxylic acids is 1. The van der Waals surface area contributed by atoms with Gasteiger partial charge in [-0.2, -0.15) is 0 Å². The van der Waals surface area contributed by atoms with Gasteiger partial charge in [0.05, 0.1) is 5.54 Å². The highest BCUT2D eigenvalue weighted by Gasteiger charge is 2.40. The molecule has 0 aliphatic carbocycles. The number of nitrogens with two attached hydrogens (primary N) is 1. The van der Waals surface area contributed by atoms with E-state index in [1.807, 2.05) is 6.92 Å². The van der Waals surface area contributed by atoms with E-state index in [4.69, 9.17) is 10.8 Å². The van der Waals surface area contributed by atoms with Gasteiger partial charge in [-0.25, -0.2) is 4.79 Å². The first-order valence-electron chi connectivity index (χ1n) is 5.23. The minimum atomic E-state index is -0.946. The van der Waals surface area contributed by atoms with Gasteiger partial charge < -0.3 is 15.7 Å². The van der Waals surface area contributed by atoms with Crippen molar-refractivity contribution in [3.63, 3.8) is 0 Å². The number of amides is 1. The van der Waals surface area contributed by atoms with E-state index in [0.717, 1.165) is 6.42 Å². The third kappa shape index (κ3) is 2.28. The standard InChI is InChI=1S/C10H18N2O3/c1-3-10(2,11)9(15)12-6-4-5-7(12)8(13)14/h7H,3-6,11H2,1-2H3,(H,13,14)/t7-,10?/m0/s1. The molecule has 5 nitrogen and oxygen atoms in total. The molecule has 0 aromatic rings. The van der Waals surface area contributed by atoms with Crippen LogP contribution >= 0.6 is 0 Å². The van der Waals surface area contributed by atoms with Crippen LogP contribution in [-0.2, 0) is 9.59 Å². The molecule has 0 radical (unpaired) electrons. The fourth-order valence-electron chi connectivity index (χ4n) is 1.75. The van der Waals surface area contributed by atoms with Crippen LogP contribution < -0.4 is 5.73 Å². The van der Waals surface area contributed by atoms with Crippen molar-refractivity contribution >= 4 is 11.9 Å². The highest BCUT2D eigenvalue weighted by Crippen LogP contribution is 2.21. The summed E-state index contributed by atoms with van der Waals surface area (Å²) in [5.74, 6) is -1.19. The number of hydrogen-bond donors (Lipinski definition) is 2. The SMILES string of the molecule is CCC(C)(N)C(=O)N1CCC[C@H]1C(=O)O. The van der Waals surface area contributed by atoms with Crippen LogP contribution in [0.25, 0.3) is 0 Å². The molecule has 1 aliphatic heterocycles. The first-order chi connectivity index (χ1) is 6.90. The molecular weight excluding hydrogens is 196 g/mol. The van der Waals surface area contributed by atoms with Gasteiger partial charge in [0.2, 0.25) is 5.91 Å². The monoisotopic (exact) mass is 214 g/mol. The van der Waals surface area contributed by atoms with Gasteiger partial charge in [0.25, 0.3) is 0 Å². The molecule has 1 unspecified atom stereocenters. The third-order valence-corrected chi connectivity index (χ3v) is 3.02. The normalized spacial score (nSPS) is 25.0. The molecule has 15 heavy (non-hydrogen) atoms. The lowest BCUT2D eigenvalue weighted by atomic mass is 9.98. The Morgan fingerprint density at radius 2 is 2.20 bits per heavy atom. The van der Waals surface area contributed by atoms with Crippen LogP contribution in [0.2, 0.25) is 0 Å². The average molecular weight is 214 g/mol. The molecule has 0 aromatic carbocycles. The fourth-order valence-corrected chi connectivity index (χ4v) is 1.75. The lowest BCUT2D eigenvalue weighted by Gasteiger charge is -2.30. The van der Waals surface area contributed by atoms with E-state index >= 15 is 0 Å². The molecule has 0 bridgehead atoms. The van der Waals surface area contributed by atoms with Gasteiger partial charge in [0, 0.05) is 6.54 Å². The zero-order valence-electron chi connectivity index (χ0n) is 9.19. The smallest absolute Gasteiger partial charge is 0.326 e. The van der Waals surface area contributed by atoms with E-state index in [-0.39, 0.29) is 5.91 Å². The number of aliphatic carboxylic acids is 1. The molecule has 86 valence electrons. The number of carbonyl (C=O) groups is 2. The van der Waals surface area contributed by atoms with Crippen LogP contribution in [0.3, 0.4) is 0 Å². The lowest BCUT2D eigenvalue weighted by Crippen LogP contribution is -2.55. The number of hydrogen-bond acceptors (Lipinski definition) is 3. The predicted molar refractivity (Wildman–Crippen MR) is 55.3 cm³/mol. The van der Waals surface area contributed by atoms with Gasteiger partial charge in [-0.1, -0.05) is 6.92 Å². The van der Waals surface area contributed by atoms with Crippen LogP contribution in [0, 0.1) is 0 Å². The Hall–Kier alpha value is -1.10. The molecule has 1 heterocycles. The van der Waals surface area contributed by atoms with Crippen molar-refractivity contribution in [2.45, 2.75) is 44.7 Å². The molecule has 2 atom stereocenters. The van der Waals surface area contributed by atoms with E-state index in [2.05, 4.69) is 0 Å². The number of likely N-dealkylation sites (tertiary alicyclic amines) is 1. The maximum absolute atomic E-state index is 12.0. The third-order valence-electron chi connectivity index (χ3n) is 3.02. The summed E-state index contributed by atoms with van der Waals surface area (Å²) >= 11 is 0. The average Bonchev–Trinajstić information content (AvgIpc) is 2.64. The predicted octanol–water partition coefficient (Wildman–Crippen LogP) is 0.189. The molecule has 1 fully saturated rings. The van der Waals surface area contributed by atoms with Crippen molar-refractivity contribution < 1.29 is 14.7 Å². The van der Waals surface area contributed by atoms with Crippen molar-refractivity contribution in [2.24, 2.45) is 5.73 Å². The maximum Gasteiger partial charge on any atom is 0.326 e. The van der Waals surface area contributed by atoms with E-state index in [1.54, 1.807) is 6.92 Å². The van der Waals surface area contributed by atoms with Gasteiger partial charge in [-0.15, -0.1) is 0 Å². The van der Waals surface area contributed by atoms with Crippen LogP contribution in [0.4, 0.5) is 0 Å². The second kappa shape index (κ2) is 4.18. The summed E-state index contributed by atoms with van der Waals surface area (Å²) in [6.45, 7) is 3.97. The number of nitrogens with zero attached hydrogens (tertiary/aromatic N) is 1. The second-order valence-corrected chi connectivity index (χ2v) is 4.27. The van der Waals surface area contributed by atoms with Crippen molar-refractivity contribution in [3.8, 4) is 0 Å². The Morgan fingerprint density at radius 1 is 1.60 bits per heavy atom. The summed E-state index contributed by atoms with van der Waals surface area (Å²) in [4.78, 5) is 24.2. The summed E-state index contributed by atoms with van der Waals surface area (Å²) in [6, 6.07) is -0.688. The molecule has 3 N–H and O–H groups in total. The zero-order valence-corrected chi connectivity index (χ0v) is 9.19. The van der Waals surface area contributed by atoms with Crippen LogP contribution in [0.15, 0.2) is 0 Å². The van der Waals surface area contributed by atoms with Crippen LogP contribution in [0.5, 0.6) is 0 Å². The molecule has 1 aliphatic rings. The van der Waals surface area contributed by atoms with E-state index < -0.39 is 17.6 Å². The number of carboxylic acid groups (broad SMARTS) is 1. The fraction of sp³-hybridized carbons (Fsp3) is 0.800. The van der Waals surface area contributed by atoms with Crippen LogP contribution in [-0.4, -0.2) is 40.0 Å². The lowest BCUT2D eigenvalue weighted by molar-refractivity contribution is -0.150. The summed E-state index contributed by atoms with van der Waals surface area (Å²) in [7, 11) is 0. The van der Waals surface area contributed by atoms with Crippen molar-refractivity contribution in [1.29, 1.82) is 0 Å². The van der Waals surface area contributed by atoms with Gasteiger partial charge >= 0.3 is 5.97 Å². The minimum absolute atomic E-state index is 0.255. The highest BCUT2D eigenvalue weighted by molar-refractivity contribution is 5.90. The first kappa shape index (κ1) is 12.0. The molecule has 1 rings (SSSR count). The quantitative estimate of drug-likeness (QED) is 0.702. The number of carbonyl (C=O) groups excluding carboxylic acids is 1. The zero-order chi connectivity index (χ0) is 11.6. The van der Waals surface area contributed by atoms with E-state index in [0.29, 0.717) is 19.4 Å². The summed E-state index contributed by atoms with van der Waals surface area (Å²) in [5.41, 5.74) is 4.87. The Bertz CT molecular complexity index is 276. The van der Waals surface area contributed by atoms with Crippen molar-refractivity contribution in [1.82, 2.24) is 4.90 Å². The minimum Gasteiger partial charge on any atom is -0.480 e. The molecule has 1 amide bonds. The van der Waals surface area contributed by atoms with Gasteiger partial charge in [0.15, 0.2) is 0 Å². The molecule has 1 saturated heterocycles. The molecule has 0 aromatic heterocycles. The second-order valence-electron chi connectivity index (χ2n) is 4.27. The van der Waals surface area contributed by atoms with Gasteiger partial charge in [-0.05, 0) is 26.2 Å². The molecular formula is C10H18N2O3. The highest BCUT2D eigenvalue weighted by atomic mass is 16.4. The Labute approximate surface area is 89.2 Å². The summed E-state index contributed by atoms with van der Waals surface area (Å²) in [6.07, 6.45) is 1.78. The number of rotatable bonds is 3. The summed E-state index contributed by atoms with van der Waals surface area (Å²) < 4.78 is 0. The van der Waals surface area contributed by atoms with Gasteiger partial charge in [-0.3, -0.25) is 4.79 Å². The van der Waals surface area contributed by atoms with Gasteiger partial charge in [0.1, 0.15) is 6.04 Å². The largest absolute Gasteiger partial charge is 0.480 e. The molecule has 5 heteroatoms. The molecule has 0 saturated carbocycles. The Balaban J connectivity index is 2.79. The maximum atomic E-state index is 12.0. The summed E-state index contributed by atoms with van der Waals surface area (Å²) in [5, 5.41) is 8.94. The first-order valence-corrected chi connectivity index (χ1v) is 5.23. The van der Waals surface area contributed by atoms with E-state index in [9.17, 15) is 9.59 Å². The van der Waals surface area contributed by atoms with Crippen molar-refractivity contribution in [3.05, 3.63) is 0 Å². The molecule has 0 spiro atoms. The Kier molecular flexibility index (Phi) is 3.34. The van der Waals surface area contributed by atoms with Crippen LogP contribution in [0.1, 0.15) is 33.1 Å². The topological polar surface area (TPSA) is 83.6 Å².